The van der Waals surface area contributed by atoms with Gasteiger partial charge in [0.25, 0.3) is 5.56 Å². The summed E-state index contributed by atoms with van der Waals surface area (Å²) in [6, 6.07) is 0. The molecular weight excluding hydrogens is 211 g/mol. The van der Waals surface area contributed by atoms with Crippen molar-refractivity contribution in [3.63, 3.8) is 0 Å². The van der Waals surface area contributed by atoms with Gasteiger partial charge >= 0.3 is 12.8 Å². The number of hydrogen-bond donors (Lipinski definition) is 3. The number of aromatic nitrogens is 2. The van der Waals surface area contributed by atoms with Crippen molar-refractivity contribution in [1.82, 2.24) is 9.55 Å². The fourth-order valence-electron chi connectivity index (χ4n) is 1.39. The lowest BCUT2D eigenvalue weighted by Crippen LogP contribution is -2.30. The van der Waals surface area contributed by atoms with Gasteiger partial charge in [0.1, 0.15) is 0 Å². The number of aryl methyl sites for hydroxylation is 2. The quantitative estimate of drug-likeness (QED) is 0.447. The Hall–Kier alpha value is -1.34. The first-order chi connectivity index (χ1) is 7.50. The predicted octanol–water partition coefficient (Wildman–Crippen LogP) is -0.902. The molecule has 3 N–H and O–H groups in total. The van der Waals surface area contributed by atoms with Crippen molar-refractivity contribution in [2.24, 2.45) is 0 Å². The average Bonchev–Trinajstić information content (AvgIpc) is 2.19. The van der Waals surface area contributed by atoms with Gasteiger partial charge < -0.3 is 14.6 Å². The Bertz CT molecular complexity index is 452. The first kappa shape index (κ1) is 12.7. The van der Waals surface area contributed by atoms with E-state index in [1.165, 1.54) is 10.8 Å². The minimum Gasteiger partial charge on any atom is -0.427 e. The first-order valence-corrected chi connectivity index (χ1v) is 5.17. The molecule has 0 aliphatic rings. The normalized spacial score (nSPS) is 10.4. The van der Waals surface area contributed by atoms with Gasteiger partial charge in [-0.1, -0.05) is 6.42 Å². The summed E-state index contributed by atoms with van der Waals surface area (Å²) in [6.45, 7) is 2.09. The number of aromatic amines is 1. The molecule has 88 valence electrons. The maximum absolute atomic E-state index is 11.3. The number of H-pyrrole nitrogens is 1. The smallest absolute Gasteiger partial charge is 0.427 e. The lowest BCUT2D eigenvalue weighted by atomic mass is 9.84. The standard InChI is InChI=1S/C9H15BN2O4/c1-7-6-12(9(14)11-8(7)13)5-3-2-4-10(15)16/h6,15-16H,2-5H2,1H3,(H,11,13,14). The van der Waals surface area contributed by atoms with E-state index < -0.39 is 12.8 Å². The average molecular weight is 226 g/mol. The number of rotatable bonds is 5. The van der Waals surface area contributed by atoms with Gasteiger partial charge in [-0.3, -0.25) is 9.78 Å². The van der Waals surface area contributed by atoms with Crippen LogP contribution in [0.25, 0.3) is 0 Å². The summed E-state index contributed by atoms with van der Waals surface area (Å²) in [5.74, 6) is 0. The zero-order valence-electron chi connectivity index (χ0n) is 9.14. The molecule has 16 heavy (non-hydrogen) atoms. The van der Waals surface area contributed by atoms with Crippen molar-refractivity contribution in [3.05, 3.63) is 32.6 Å². The van der Waals surface area contributed by atoms with Crippen molar-refractivity contribution in [2.75, 3.05) is 0 Å². The van der Waals surface area contributed by atoms with E-state index in [9.17, 15) is 9.59 Å². The molecule has 0 spiro atoms. The zero-order chi connectivity index (χ0) is 12.1. The van der Waals surface area contributed by atoms with E-state index in [1.54, 1.807) is 6.92 Å². The van der Waals surface area contributed by atoms with Gasteiger partial charge in [-0.25, -0.2) is 4.79 Å². The highest BCUT2D eigenvalue weighted by Gasteiger charge is 2.06. The SMILES string of the molecule is Cc1cn(CCCCB(O)O)c(=O)[nH]c1=O. The number of nitrogens with zero attached hydrogens (tertiary/aromatic N) is 1. The Balaban J connectivity index is 2.58. The Morgan fingerprint density at radius 2 is 2.06 bits per heavy atom. The van der Waals surface area contributed by atoms with Crippen LogP contribution in [0.2, 0.25) is 6.32 Å². The molecule has 0 bridgehead atoms. The van der Waals surface area contributed by atoms with Crippen LogP contribution in [0.5, 0.6) is 0 Å². The topological polar surface area (TPSA) is 95.3 Å². The highest BCUT2D eigenvalue weighted by Crippen LogP contribution is 1.99. The van der Waals surface area contributed by atoms with Gasteiger partial charge in [0.2, 0.25) is 0 Å². The van der Waals surface area contributed by atoms with Crippen LogP contribution in [-0.4, -0.2) is 26.7 Å². The van der Waals surface area contributed by atoms with Crippen LogP contribution in [0.3, 0.4) is 0 Å². The molecule has 0 saturated heterocycles. The second kappa shape index (κ2) is 5.67. The molecule has 0 saturated carbocycles. The minimum absolute atomic E-state index is 0.289. The van der Waals surface area contributed by atoms with E-state index in [0.29, 0.717) is 24.9 Å². The number of hydrogen-bond acceptors (Lipinski definition) is 4. The maximum atomic E-state index is 11.3. The van der Waals surface area contributed by atoms with Gasteiger partial charge in [-0.05, 0) is 19.7 Å². The molecule has 0 aliphatic carbocycles. The summed E-state index contributed by atoms with van der Waals surface area (Å²) < 4.78 is 1.42. The van der Waals surface area contributed by atoms with Crippen LogP contribution in [0.1, 0.15) is 18.4 Å². The molecule has 0 aliphatic heterocycles. The third-order valence-corrected chi connectivity index (χ3v) is 2.30. The second-order valence-electron chi connectivity index (χ2n) is 3.74. The van der Waals surface area contributed by atoms with Crippen molar-refractivity contribution < 1.29 is 10.0 Å². The van der Waals surface area contributed by atoms with Crippen LogP contribution in [0.4, 0.5) is 0 Å². The Labute approximate surface area is 92.7 Å². The van der Waals surface area contributed by atoms with E-state index in [-0.39, 0.29) is 11.9 Å². The predicted molar refractivity (Wildman–Crippen MR) is 60.3 cm³/mol. The fraction of sp³-hybridized carbons (Fsp3) is 0.556. The van der Waals surface area contributed by atoms with Crippen molar-refractivity contribution in [2.45, 2.75) is 32.6 Å². The van der Waals surface area contributed by atoms with E-state index in [1.807, 2.05) is 0 Å². The lowest BCUT2D eigenvalue weighted by molar-refractivity contribution is 0.400. The maximum Gasteiger partial charge on any atom is 0.451 e. The summed E-state index contributed by atoms with van der Waals surface area (Å²) in [4.78, 5) is 24.6. The van der Waals surface area contributed by atoms with Crippen molar-refractivity contribution in [3.8, 4) is 0 Å². The van der Waals surface area contributed by atoms with E-state index in [4.69, 9.17) is 10.0 Å². The molecule has 0 unspecified atom stereocenters. The third kappa shape index (κ3) is 3.67. The molecule has 6 nitrogen and oxygen atoms in total. The molecular formula is C9H15BN2O4. The van der Waals surface area contributed by atoms with E-state index >= 15 is 0 Å². The van der Waals surface area contributed by atoms with E-state index in [2.05, 4.69) is 4.98 Å². The van der Waals surface area contributed by atoms with Gasteiger partial charge in [-0.2, -0.15) is 0 Å². The van der Waals surface area contributed by atoms with Gasteiger partial charge in [-0.15, -0.1) is 0 Å². The summed E-state index contributed by atoms with van der Waals surface area (Å²) >= 11 is 0. The molecule has 7 heteroatoms. The highest BCUT2D eigenvalue weighted by molar-refractivity contribution is 6.40. The van der Waals surface area contributed by atoms with Gasteiger partial charge in [0.05, 0.1) is 0 Å². The summed E-state index contributed by atoms with van der Waals surface area (Å²) in [7, 11) is -1.30. The Morgan fingerprint density at radius 1 is 1.38 bits per heavy atom. The number of unbranched alkanes of at least 4 members (excludes halogenated alkanes) is 1. The zero-order valence-corrected chi connectivity index (χ0v) is 9.14. The molecule has 0 amide bonds. The van der Waals surface area contributed by atoms with Gasteiger partial charge in [0, 0.05) is 18.3 Å². The molecule has 1 aromatic rings. The molecule has 0 radical (unpaired) electrons. The number of nitrogens with one attached hydrogen (secondary N) is 1. The van der Waals surface area contributed by atoms with Gasteiger partial charge in [0.15, 0.2) is 0 Å². The fourth-order valence-corrected chi connectivity index (χ4v) is 1.39. The van der Waals surface area contributed by atoms with Crippen LogP contribution in [0.15, 0.2) is 15.8 Å². The second-order valence-corrected chi connectivity index (χ2v) is 3.74. The Kier molecular flexibility index (Phi) is 4.51. The molecule has 1 aromatic heterocycles. The molecule has 0 aromatic carbocycles. The van der Waals surface area contributed by atoms with Crippen LogP contribution >= 0.6 is 0 Å². The van der Waals surface area contributed by atoms with E-state index in [0.717, 1.165) is 0 Å². The van der Waals surface area contributed by atoms with Crippen LogP contribution < -0.4 is 11.2 Å². The highest BCUT2D eigenvalue weighted by atomic mass is 16.4. The van der Waals surface area contributed by atoms with Crippen LogP contribution in [0, 0.1) is 6.92 Å². The third-order valence-electron chi connectivity index (χ3n) is 2.30. The van der Waals surface area contributed by atoms with Crippen LogP contribution in [-0.2, 0) is 6.54 Å². The summed E-state index contributed by atoms with van der Waals surface area (Å²) in [5.41, 5.74) is -0.311. The monoisotopic (exact) mass is 226 g/mol. The van der Waals surface area contributed by atoms with Crippen molar-refractivity contribution in [1.29, 1.82) is 0 Å². The lowest BCUT2D eigenvalue weighted by Gasteiger charge is -2.05. The molecule has 0 fully saturated rings. The molecule has 1 rings (SSSR count). The van der Waals surface area contributed by atoms with Crippen molar-refractivity contribution >= 4 is 7.12 Å². The minimum atomic E-state index is -1.30. The summed E-state index contributed by atoms with van der Waals surface area (Å²) in [6.07, 6.45) is 3.07. The largest absolute Gasteiger partial charge is 0.451 e. The Morgan fingerprint density at radius 3 is 2.69 bits per heavy atom. The first-order valence-electron chi connectivity index (χ1n) is 5.17. The molecule has 0 atom stereocenters. The molecule has 1 heterocycles. The summed E-state index contributed by atoms with van der Waals surface area (Å²) in [5, 5.41) is 17.2.